The third kappa shape index (κ3) is 1.53. The molecule has 1 rings (SSSR count). The van der Waals surface area contributed by atoms with E-state index in [0.29, 0.717) is 16.5 Å². The summed E-state index contributed by atoms with van der Waals surface area (Å²) in [6.45, 7) is 0. The quantitative estimate of drug-likeness (QED) is 0.482. The number of anilines is 2. The van der Waals surface area contributed by atoms with E-state index < -0.39 is 0 Å². The van der Waals surface area contributed by atoms with Crippen LogP contribution in [0.1, 0.15) is 0 Å². The Morgan fingerprint density at radius 3 is 2.73 bits per heavy atom. The van der Waals surface area contributed by atoms with Crippen LogP contribution >= 0.6 is 11.6 Å². The predicted octanol–water partition coefficient (Wildman–Crippen LogP) is 0.627. The molecule has 1 aromatic rings. The summed E-state index contributed by atoms with van der Waals surface area (Å²) in [7, 11) is 1.65. The molecule has 0 unspecified atom stereocenters. The lowest BCUT2D eigenvalue weighted by Crippen LogP contribution is -2.27. The van der Waals surface area contributed by atoms with E-state index >= 15 is 0 Å². The van der Waals surface area contributed by atoms with Gasteiger partial charge in [-0.15, -0.1) is 0 Å². The van der Waals surface area contributed by atoms with E-state index in [0.717, 1.165) is 0 Å². The van der Waals surface area contributed by atoms with E-state index in [9.17, 15) is 0 Å². The largest absolute Gasteiger partial charge is 0.394 e. The molecule has 0 saturated carbocycles. The van der Waals surface area contributed by atoms with Gasteiger partial charge < -0.3 is 5.73 Å². The number of aromatic nitrogens is 1. The molecule has 0 aliphatic heterocycles. The van der Waals surface area contributed by atoms with Crippen LogP contribution in [0.2, 0.25) is 5.02 Å². The monoisotopic (exact) mass is 172 g/mol. The Hall–Kier alpha value is -1.00. The second-order valence-electron chi connectivity index (χ2n) is 2.14. The summed E-state index contributed by atoms with van der Waals surface area (Å²) in [6, 6.07) is 1.61. The van der Waals surface area contributed by atoms with E-state index in [4.69, 9.17) is 23.2 Å². The van der Waals surface area contributed by atoms with Gasteiger partial charge in [-0.05, 0) is 6.07 Å². The van der Waals surface area contributed by atoms with E-state index in [2.05, 4.69) is 4.98 Å². The first kappa shape index (κ1) is 8.10. The minimum atomic E-state index is 0.402. The van der Waals surface area contributed by atoms with Crippen molar-refractivity contribution in [2.75, 3.05) is 17.8 Å². The lowest BCUT2D eigenvalue weighted by Gasteiger charge is -2.13. The van der Waals surface area contributed by atoms with Gasteiger partial charge in [0.2, 0.25) is 0 Å². The zero-order valence-electron chi connectivity index (χ0n) is 6.08. The molecular formula is C6H9ClN4. The average Bonchev–Trinajstić information content (AvgIpc) is 1.94. The van der Waals surface area contributed by atoms with Crippen molar-refractivity contribution in [2.45, 2.75) is 0 Å². The molecule has 0 aromatic carbocycles. The molecule has 1 aromatic heterocycles. The van der Waals surface area contributed by atoms with Crippen molar-refractivity contribution in [1.29, 1.82) is 0 Å². The SMILES string of the molecule is CN(N)c1nccc(Cl)c1N. The van der Waals surface area contributed by atoms with Crippen molar-refractivity contribution in [3.8, 4) is 0 Å². The highest BCUT2D eigenvalue weighted by Gasteiger charge is 2.05. The fourth-order valence-electron chi connectivity index (χ4n) is 0.721. The van der Waals surface area contributed by atoms with Crippen LogP contribution in [0, 0.1) is 0 Å². The molecule has 0 amide bonds. The molecule has 0 spiro atoms. The van der Waals surface area contributed by atoms with E-state index in [-0.39, 0.29) is 0 Å². The van der Waals surface area contributed by atoms with Crippen LogP contribution < -0.4 is 16.6 Å². The Bertz CT molecular complexity index is 261. The lowest BCUT2D eigenvalue weighted by atomic mass is 10.4. The molecule has 1 heterocycles. The Morgan fingerprint density at radius 1 is 1.64 bits per heavy atom. The van der Waals surface area contributed by atoms with Crippen LogP contribution in [-0.2, 0) is 0 Å². The number of nitrogens with zero attached hydrogens (tertiary/aromatic N) is 2. The number of pyridine rings is 1. The molecule has 4 nitrogen and oxygen atoms in total. The standard InChI is InChI=1S/C6H9ClN4/c1-11(9)6-5(8)4(7)2-3-10-6/h2-3H,8-9H2,1H3. The first-order valence-corrected chi connectivity index (χ1v) is 3.39. The summed E-state index contributed by atoms with van der Waals surface area (Å²) in [5.41, 5.74) is 5.97. The van der Waals surface area contributed by atoms with Crippen molar-refractivity contribution >= 4 is 23.1 Å². The highest BCUT2D eigenvalue weighted by atomic mass is 35.5. The zero-order chi connectivity index (χ0) is 8.43. The molecule has 0 aliphatic carbocycles. The van der Waals surface area contributed by atoms with E-state index in [1.54, 1.807) is 19.3 Å². The molecule has 5 heteroatoms. The molecule has 0 radical (unpaired) electrons. The van der Waals surface area contributed by atoms with Gasteiger partial charge in [0.1, 0.15) is 0 Å². The highest BCUT2D eigenvalue weighted by molar-refractivity contribution is 6.33. The predicted molar refractivity (Wildman–Crippen MR) is 46.2 cm³/mol. The summed E-state index contributed by atoms with van der Waals surface area (Å²) in [6.07, 6.45) is 1.55. The Morgan fingerprint density at radius 2 is 2.27 bits per heavy atom. The van der Waals surface area contributed by atoms with Gasteiger partial charge in [-0.3, -0.25) is 5.01 Å². The lowest BCUT2D eigenvalue weighted by molar-refractivity contribution is 0.980. The molecule has 60 valence electrons. The van der Waals surface area contributed by atoms with Gasteiger partial charge in [0.05, 0.1) is 10.7 Å². The molecule has 0 saturated heterocycles. The number of halogens is 1. The van der Waals surface area contributed by atoms with Gasteiger partial charge in [-0.25, -0.2) is 10.8 Å². The second-order valence-corrected chi connectivity index (χ2v) is 2.55. The summed E-state index contributed by atoms with van der Waals surface area (Å²) in [5.74, 6) is 5.90. The molecule has 0 bridgehead atoms. The van der Waals surface area contributed by atoms with Crippen molar-refractivity contribution in [3.63, 3.8) is 0 Å². The Balaban J connectivity index is 3.17. The van der Waals surface area contributed by atoms with Crippen molar-refractivity contribution < 1.29 is 0 Å². The van der Waals surface area contributed by atoms with Gasteiger partial charge in [0.15, 0.2) is 5.82 Å². The fraction of sp³-hybridized carbons (Fsp3) is 0.167. The molecule has 4 N–H and O–H groups in total. The maximum atomic E-state index is 5.71. The summed E-state index contributed by atoms with van der Waals surface area (Å²) in [4.78, 5) is 3.93. The summed E-state index contributed by atoms with van der Waals surface area (Å²) < 4.78 is 0. The van der Waals surface area contributed by atoms with Gasteiger partial charge >= 0.3 is 0 Å². The summed E-state index contributed by atoms with van der Waals surface area (Å²) >= 11 is 5.71. The minimum absolute atomic E-state index is 0.402. The van der Waals surface area contributed by atoms with Crippen molar-refractivity contribution in [1.82, 2.24) is 4.98 Å². The third-order valence-electron chi connectivity index (χ3n) is 1.25. The molecular weight excluding hydrogens is 164 g/mol. The number of nitrogens with two attached hydrogens (primary N) is 2. The first-order valence-electron chi connectivity index (χ1n) is 3.01. The molecule has 0 aliphatic rings. The second kappa shape index (κ2) is 2.94. The number of hydrogen-bond acceptors (Lipinski definition) is 4. The maximum Gasteiger partial charge on any atom is 0.167 e. The highest BCUT2D eigenvalue weighted by Crippen LogP contribution is 2.24. The van der Waals surface area contributed by atoms with Crippen molar-refractivity contribution in [2.24, 2.45) is 5.84 Å². The van der Waals surface area contributed by atoms with E-state index in [1.165, 1.54) is 5.01 Å². The smallest absolute Gasteiger partial charge is 0.167 e. The van der Waals surface area contributed by atoms with Crippen LogP contribution in [0.5, 0.6) is 0 Å². The summed E-state index contributed by atoms with van der Waals surface area (Å²) in [5, 5.41) is 1.79. The number of hydrazine groups is 1. The van der Waals surface area contributed by atoms with Crippen LogP contribution in [0.4, 0.5) is 11.5 Å². The topological polar surface area (TPSA) is 68.2 Å². The van der Waals surface area contributed by atoms with Gasteiger partial charge in [-0.1, -0.05) is 11.6 Å². The van der Waals surface area contributed by atoms with Crippen LogP contribution in [0.25, 0.3) is 0 Å². The Kier molecular flexibility index (Phi) is 2.16. The number of hydrogen-bond donors (Lipinski definition) is 2. The number of nitrogen functional groups attached to an aromatic ring is 1. The maximum absolute atomic E-state index is 5.71. The average molecular weight is 173 g/mol. The van der Waals surface area contributed by atoms with Crippen LogP contribution in [0.15, 0.2) is 12.3 Å². The first-order chi connectivity index (χ1) is 5.13. The Labute approximate surface area is 69.7 Å². The van der Waals surface area contributed by atoms with Crippen LogP contribution in [-0.4, -0.2) is 12.0 Å². The van der Waals surface area contributed by atoms with Gasteiger partial charge in [0, 0.05) is 13.2 Å². The zero-order valence-corrected chi connectivity index (χ0v) is 6.84. The number of rotatable bonds is 1. The van der Waals surface area contributed by atoms with Gasteiger partial charge in [-0.2, -0.15) is 0 Å². The molecule has 0 fully saturated rings. The third-order valence-corrected chi connectivity index (χ3v) is 1.58. The molecule has 0 atom stereocenters. The molecule has 11 heavy (non-hydrogen) atoms. The van der Waals surface area contributed by atoms with Gasteiger partial charge in [0.25, 0.3) is 0 Å². The normalized spacial score (nSPS) is 9.73. The van der Waals surface area contributed by atoms with Crippen LogP contribution in [0.3, 0.4) is 0 Å². The van der Waals surface area contributed by atoms with Crippen molar-refractivity contribution in [3.05, 3.63) is 17.3 Å². The van der Waals surface area contributed by atoms with E-state index in [1.807, 2.05) is 0 Å². The fourth-order valence-corrected chi connectivity index (χ4v) is 0.861. The minimum Gasteiger partial charge on any atom is -0.394 e.